The lowest BCUT2D eigenvalue weighted by atomic mass is 9.78. The second kappa shape index (κ2) is 13.0. The number of allylic oxidation sites excluding steroid dienone is 1. The molecule has 1 saturated heterocycles. The topological polar surface area (TPSA) is 165 Å². The fourth-order valence-electron chi connectivity index (χ4n) is 4.73. The minimum atomic E-state index is -1.36. The van der Waals surface area contributed by atoms with Crippen molar-refractivity contribution in [1.82, 2.24) is 4.90 Å². The Bertz CT molecular complexity index is 793. The van der Waals surface area contributed by atoms with Crippen molar-refractivity contribution < 1.29 is 44.7 Å². The first-order valence-corrected chi connectivity index (χ1v) is 11.7. The Morgan fingerprint density at radius 2 is 1.94 bits per heavy atom. The first kappa shape index (κ1) is 28.0. The number of aliphatic hydroxyl groups excluding tert-OH is 3. The highest BCUT2D eigenvalue weighted by molar-refractivity contribution is 5.75. The van der Waals surface area contributed by atoms with Crippen LogP contribution in [-0.2, 0) is 19.1 Å². The second-order valence-electron chi connectivity index (χ2n) is 9.34. The Morgan fingerprint density at radius 1 is 1.24 bits per heavy atom. The number of carboxylic acid groups (broad SMARTS) is 2. The highest BCUT2D eigenvalue weighted by atomic mass is 16.5. The lowest BCUT2D eigenvalue weighted by molar-refractivity contribution is -0.166. The van der Waals surface area contributed by atoms with Gasteiger partial charge in [0, 0.05) is 18.9 Å². The number of hydrogen-bond donors (Lipinski definition) is 5. The maximum atomic E-state index is 12.6. The minimum Gasteiger partial charge on any atom is -0.481 e. The van der Waals surface area contributed by atoms with Gasteiger partial charge in [-0.1, -0.05) is 17.7 Å². The van der Waals surface area contributed by atoms with E-state index in [0.717, 1.165) is 5.57 Å². The highest BCUT2D eigenvalue weighted by Gasteiger charge is 2.44. The lowest BCUT2D eigenvalue weighted by Gasteiger charge is -2.37. The van der Waals surface area contributed by atoms with Crippen molar-refractivity contribution in [3.8, 4) is 0 Å². The molecule has 0 aromatic heterocycles. The standard InChI is InChI=1S/C24H37NO9/c1-14-5-3-6-16(13-27)10-19(28)21(20(9-14)34-24(33)15(2)12-26)17(22(29)30)11-25-8-4-7-18(25)23(31)32/h5,10,15,17-21,26-28H,3-4,6-9,11-13H2,1-2H3,(H,29,30)(H,31,32)/b14-5+,16-10-/t15-,17+,18+,19-,20+,21+/m0/s1. The molecule has 6 atom stereocenters. The molecule has 0 saturated carbocycles. The van der Waals surface area contributed by atoms with Gasteiger partial charge in [0.15, 0.2) is 0 Å². The number of carbonyl (C=O) groups excluding carboxylic acids is 1. The van der Waals surface area contributed by atoms with Crippen LogP contribution in [0.5, 0.6) is 0 Å². The van der Waals surface area contributed by atoms with Crippen molar-refractivity contribution in [2.75, 3.05) is 26.3 Å². The molecule has 0 aromatic rings. The number of nitrogens with zero attached hydrogens (tertiary/aromatic N) is 1. The summed E-state index contributed by atoms with van der Waals surface area (Å²) < 4.78 is 5.68. The number of rotatable bonds is 9. The Labute approximate surface area is 199 Å². The third kappa shape index (κ3) is 7.36. The van der Waals surface area contributed by atoms with E-state index in [0.29, 0.717) is 37.8 Å². The fraction of sp³-hybridized carbons (Fsp3) is 0.708. The van der Waals surface area contributed by atoms with E-state index < -0.39 is 60.5 Å². The van der Waals surface area contributed by atoms with E-state index in [-0.39, 0.29) is 19.6 Å². The SMILES string of the molecule is C/C1=C\CC/C(CO)=C/[C@H](O)[C@@H]([C@@H](CN2CCC[C@@H]2C(=O)O)C(=O)O)[C@H](OC(=O)[C@@H](C)CO)C1. The number of ether oxygens (including phenoxy) is 1. The van der Waals surface area contributed by atoms with Crippen molar-refractivity contribution in [3.63, 3.8) is 0 Å². The highest BCUT2D eigenvalue weighted by Crippen LogP contribution is 2.33. The second-order valence-corrected chi connectivity index (χ2v) is 9.34. The molecule has 2 rings (SSSR count). The van der Waals surface area contributed by atoms with Crippen LogP contribution in [0, 0.1) is 17.8 Å². The van der Waals surface area contributed by atoms with Crippen LogP contribution < -0.4 is 0 Å². The van der Waals surface area contributed by atoms with Crippen LogP contribution >= 0.6 is 0 Å². The molecule has 2 aliphatic rings. The Kier molecular flexibility index (Phi) is 10.7. The molecule has 34 heavy (non-hydrogen) atoms. The molecule has 0 amide bonds. The summed E-state index contributed by atoms with van der Waals surface area (Å²) >= 11 is 0. The van der Waals surface area contributed by atoms with E-state index in [1.165, 1.54) is 13.0 Å². The zero-order valence-corrected chi connectivity index (χ0v) is 19.8. The molecule has 192 valence electrons. The van der Waals surface area contributed by atoms with Crippen LogP contribution in [0.3, 0.4) is 0 Å². The van der Waals surface area contributed by atoms with Gasteiger partial charge >= 0.3 is 17.9 Å². The summed E-state index contributed by atoms with van der Waals surface area (Å²) in [5, 5.41) is 50.0. The van der Waals surface area contributed by atoms with Gasteiger partial charge in [0.2, 0.25) is 0 Å². The van der Waals surface area contributed by atoms with Gasteiger partial charge in [0.25, 0.3) is 0 Å². The molecular formula is C24H37NO9. The molecule has 10 nitrogen and oxygen atoms in total. The van der Waals surface area contributed by atoms with Crippen LogP contribution in [0.15, 0.2) is 23.3 Å². The van der Waals surface area contributed by atoms with Gasteiger partial charge < -0.3 is 30.3 Å². The van der Waals surface area contributed by atoms with E-state index in [4.69, 9.17) is 4.74 Å². The summed E-state index contributed by atoms with van der Waals surface area (Å²) in [5.41, 5.74) is 1.37. The lowest BCUT2D eigenvalue weighted by Crippen LogP contribution is -2.49. The van der Waals surface area contributed by atoms with E-state index in [1.807, 2.05) is 13.0 Å². The first-order valence-electron chi connectivity index (χ1n) is 11.7. The average molecular weight is 484 g/mol. The van der Waals surface area contributed by atoms with E-state index in [1.54, 1.807) is 4.90 Å². The summed E-state index contributed by atoms with van der Waals surface area (Å²) in [4.78, 5) is 38.3. The molecule has 1 aliphatic carbocycles. The third-order valence-electron chi connectivity index (χ3n) is 6.72. The van der Waals surface area contributed by atoms with Crippen molar-refractivity contribution in [2.45, 2.75) is 64.2 Å². The van der Waals surface area contributed by atoms with Crippen LogP contribution in [0.2, 0.25) is 0 Å². The van der Waals surface area contributed by atoms with Gasteiger partial charge in [-0.2, -0.15) is 0 Å². The quantitative estimate of drug-likeness (QED) is 0.234. The van der Waals surface area contributed by atoms with Crippen LogP contribution in [0.25, 0.3) is 0 Å². The van der Waals surface area contributed by atoms with E-state index in [2.05, 4.69) is 0 Å². The molecule has 0 spiro atoms. The molecule has 0 aromatic carbocycles. The molecule has 10 heteroatoms. The smallest absolute Gasteiger partial charge is 0.320 e. The number of esters is 1. The number of carboxylic acids is 2. The molecule has 0 bridgehead atoms. The molecule has 1 fully saturated rings. The summed E-state index contributed by atoms with van der Waals surface area (Å²) in [7, 11) is 0. The summed E-state index contributed by atoms with van der Waals surface area (Å²) in [6.07, 6.45) is 3.22. The molecule has 0 radical (unpaired) electrons. The van der Waals surface area contributed by atoms with Crippen LogP contribution in [-0.4, -0.2) is 92.9 Å². The maximum Gasteiger partial charge on any atom is 0.320 e. The monoisotopic (exact) mass is 483 g/mol. The Morgan fingerprint density at radius 3 is 2.53 bits per heavy atom. The average Bonchev–Trinajstić information content (AvgIpc) is 3.25. The van der Waals surface area contributed by atoms with Crippen molar-refractivity contribution >= 4 is 17.9 Å². The van der Waals surface area contributed by atoms with Gasteiger partial charge in [-0.3, -0.25) is 19.3 Å². The number of likely N-dealkylation sites (tertiary alicyclic amines) is 1. The molecule has 1 aliphatic heterocycles. The fourth-order valence-corrected chi connectivity index (χ4v) is 4.73. The van der Waals surface area contributed by atoms with Gasteiger partial charge in [-0.25, -0.2) is 0 Å². The normalized spacial score (nSPS) is 31.4. The van der Waals surface area contributed by atoms with Gasteiger partial charge in [-0.05, 0) is 51.6 Å². The predicted octanol–water partition coefficient (Wildman–Crippen LogP) is 0.802. The Balaban J connectivity index is 2.50. The molecule has 5 N–H and O–H groups in total. The zero-order chi connectivity index (χ0) is 25.4. The largest absolute Gasteiger partial charge is 0.481 e. The zero-order valence-electron chi connectivity index (χ0n) is 19.8. The predicted molar refractivity (Wildman–Crippen MR) is 122 cm³/mol. The number of carbonyl (C=O) groups is 3. The van der Waals surface area contributed by atoms with Gasteiger partial charge in [0.05, 0.1) is 31.2 Å². The molecule has 1 heterocycles. The van der Waals surface area contributed by atoms with E-state index in [9.17, 15) is 39.9 Å². The Hall–Kier alpha value is -2.27. The third-order valence-corrected chi connectivity index (χ3v) is 6.72. The van der Waals surface area contributed by atoms with E-state index >= 15 is 0 Å². The van der Waals surface area contributed by atoms with Gasteiger partial charge in [-0.15, -0.1) is 0 Å². The molecular weight excluding hydrogens is 446 g/mol. The summed E-state index contributed by atoms with van der Waals surface area (Å²) in [6, 6.07) is -0.820. The first-order chi connectivity index (χ1) is 16.1. The summed E-state index contributed by atoms with van der Waals surface area (Å²) in [5.74, 6) is -6.18. The molecule has 0 unspecified atom stereocenters. The number of aliphatic carboxylic acids is 2. The van der Waals surface area contributed by atoms with Crippen LogP contribution in [0.4, 0.5) is 0 Å². The number of hydrogen-bond acceptors (Lipinski definition) is 8. The van der Waals surface area contributed by atoms with Crippen molar-refractivity contribution in [2.24, 2.45) is 17.8 Å². The van der Waals surface area contributed by atoms with Crippen molar-refractivity contribution in [3.05, 3.63) is 23.3 Å². The minimum absolute atomic E-state index is 0.136. The van der Waals surface area contributed by atoms with Crippen LogP contribution in [0.1, 0.15) is 46.0 Å². The maximum absolute atomic E-state index is 12.6. The van der Waals surface area contributed by atoms with Crippen molar-refractivity contribution in [1.29, 1.82) is 0 Å². The number of aliphatic hydroxyl groups is 3. The van der Waals surface area contributed by atoms with Gasteiger partial charge in [0.1, 0.15) is 12.1 Å². The summed E-state index contributed by atoms with van der Waals surface area (Å²) in [6.45, 7) is 2.82.